The molecule has 0 atom stereocenters. The Balaban J connectivity index is 2.42. The van der Waals surface area contributed by atoms with E-state index in [4.69, 9.17) is 16.3 Å². The summed E-state index contributed by atoms with van der Waals surface area (Å²) in [6, 6.07) is 5.87. The van der Waals surface area contributed by atoms with Gasteiger partial charge in [-0.1, -0.05) is 31.5 Å². The number of nitrogens with zero attached hydrogens (tertiary/aromatic N) is 1. The number of benzene rings is 1. The standard InChI is InChI=1S/C13H20ClNO/c1-4-15(5-2)8-9-16-13-7-6-11(3)10-12(13)14/h6-7,10H,4-5,8-9H2,1-3H3. The zero-order chi connectivity index (χ0) is 12.0. The Kier molecular flexibility index (Phi) is 5.64. The fourth-order valence-corrected chi connectivity index (χ4v) is 1.84. The molecule has 0 aliphatic carbocycles. The molecule has 0 bridgehead atoms. The summed E-state index contributed by atoms with van der Waals surface area (Å²) in [5.41, 5.74) is 1.15. The van der Waals surface area contributed by atoms with Crippen molar-refractivity contribution in [2.24, 2.45) is 0 Å². The monoisotopic (exact) mass is 241 g/mol. The Labute approximate surface area is 103 Å². The summed E-state index contributed by atoms with van der Waals surface area (Å²) in [5.74, 6) is 0.777. The largest absolute Gasteiger partial charge is 0.491 e. The van der Waals surface area contributed by atoms with E-state index in [1.165, 1.54) is 0 Å². The summed E-state index contributed by atoms with van der Waals surface area (Å²) < 4.78 is 5.65. The van der Waals surface area contributed by atoms with Crippen molar-refractivity contribution in [1.29, 1.82) is 0 Å². The van der Waals surface area contributed by atoms with Gasteiger partial charge in [0.2, 0.25) is 0 Å². The van der Waals surface area contributed by atoms with Gasteiger partial charge >= 0.3 is 0 Å². The molecule has 0 aliphatic rings. The molecule has 0 heterocycles. The van der Waals surface area contributed by atoms with Crippen molar-refractivity contribution in [3.05, 3.63) is 28.8 Å². The molecule has 0 amide bonds. The molecule has 3 heteroatoms. The van der Waals surface area contributed by atoms with Crippen LogP contribution in [0.2, 0.25) is 5.02 Å². The van der Waals surface area contributed by atoms with Crippen LogP contribution in [-0.4, -0.2) is 31.1 Å². The van der Waals surface area contributed by atoms with Crippen LogP contribution in [0.1, 0.15) is 19.4 Å². The van der Waals surface area contributed by atoms with E-state index >= 15 is 0 Å². The Bertz CT molecular complexity index is 324. The van der Waals surface area contributed by atoms with E-state index in [1.807, 2.05) is 25.1 Å². The van der Waals surface area contributed by atoms with Crippen LogP contribution in [0.3, 0.4) is 0 Å². The predicted molar refractivity (Wildman–Crippen MR) is 69.5 cm³/mol. The lowest BCUT2D eigenvalue weighted by Gasteiger charge is -2.18. The van der Waals surface area contributed by atoms with Crippen LogP contribution in [0.5, 0.6) is 5.75 Å². The van der Waals surface area contributed by atoms with Crippen LogP contribution in [-0.2, 0) is 0 Å². The van der Waals surface area contributed by atoms with Gasteiger partial charge in [-0.3, -0.25) is 0 Å². The highest BCUT2D eigenvalue weighted by Gasteiger charge is 2.03. The van der Waals surface area contributed by atoms with Crippen molar-refractivity contribution >= 4 is 11.6 Å². The highest BCUT2D eigenvalue weighted by Crippen LogP contribution is 2.24. The van der Waals surface area contributed by atoms with E-state index in [9.17, 15) is 0 Å². The SMILES string of the molecule is CCN(CC)CCOc1ccc(C)cc1Cl. The van der Waals surface area contributed by atoms with E-state index < -0.39 is 0 Å². The fraction of sp³-hybridized carbons (Fsp3) is 0.538. The molecule has 0 aliphatic heterocycles. The average Bonchev–Trinajstić information content (AvgIpc) is 2.27. The second-order valence-corrected chi connectivity index (χ2v) is 4.22. The molecule has 0 N–H and O–H groups in total. The number of halogens is 1. The lowest BCUT2D eigenvalue weighted by Crippen LogP contribution is -2.27. The lowest BCUT2D eigenvalue weighted by atomic mass is 10.2. The van der Waals surface area contributed by atoms with E-state index in [1.54, 1.807) is 0 Å². The molecular weight excluding hydrogens is 222 g/mol. The number of aryl methyl sites for hydroxylation is 1. The first kappa shape index (κ1) is 13.3. The highest BCUT2D eigenvalue weighted by molar-refractivity contribution is 6.32. The molecular formula is C13H20ClNO. The maximum Gasteiger partial charge on any atom is 0.137 e. The van der Waals surface area contributed by atoms with Crippen LogP contribution < -0.4 is 4.74 Å². The summed E-state index contributed by atoms with van der Waals surface area (Å²) in [4.78, 5) is 2.32. The molecule has 1 aromatic rings. The average molecular weight is 242 g/mol. The van der Waals surface area contributed by atoms with E-state index in [0.717, 1.165) is 30.9 Å². The Morgan fingerprint density at radius 2 is 1.94 bits per heavy atom. The Morgan fingerprint density at radius 1 is 1.25 bits per heavy atom. The smallest absolute Gasteiger partial charge is 0.137 e. The van der Waals surface area contributed by atoms with Gasteiger partial charge in [-0.05, 0) is 37.7 Å². The van der Waals surface area contributed by atoms with Gasteiger partial charge < -0.3 is 9.64 Å². The molecule has 0 aromatic heterocycles. The quantitative estimate of drug-likeness (QED) is 0.757. The van der Waals surface area contributed by atoms with Crippen molar-refractivity contribution in [2.75, 3.05) is 26.2 Å². The first-order chi connectivity index (χ1) is 7.67. The van der Waals surface area contributed by atoms with Crippen molar-refractivity contribution in [3.63, 3.8) is 0 Å². The van der Waals surface area contributed by atoms with Crippen LogP contribution >= 0.6 is 11.6 Å². The summed E-state index contributed by atoms with van der Waals surface area (Å²) in [7, 11) is 0. The number of likely N-dealkylation sites (N-methyl/N-ethyl adjacent to an activating group) is 1. The molecule has 16 heavy (non-hydrogen) atoms. The number of ether oxygens (including phenoxy) is 1. The van der Waals surface area contributed by atoms with Crippen molar-refractivity contribution in [3.8, 4) is 5.75 Å². The topological polar surface area (TPSA) is 12.5 Å². The highest BCUT2D eigenvalue weighted by atomic mass is 35.5. The fourth-order valence-electron chi connectivity index (χ4n) is 1.55. The minimum atomic E-state index is 0.685. The van der Waals surface area contributed by atoms with Gasteiger partial charge in [-0.2, -0.15) is 0 Å². The van der Waals surface area contributed by atoms with Gasteiger partial charge in [0.15, 0.2) is 0 Å². The third-order valence-corrected chi connectivity index (χ3v) is 2.94. The van der Waals surface area contributed by atoms with Crippen LogP contribution in [0.25, 0.3) is 0 Å². The van der Waals surface area contributed by atoms with E-state index in [0.29, 0.717) is 11.6 Å². The van der Waals surface area contributed by atoms with Gasteiger partial charge in [0.05, 0.1) is 5.02 Å². The van der Waals surface area contributed by atoms with Crippen LogP contribution in [0, 0.1) is 6.92 Å². The number of rotatable bonds is 6. The predicted octanol–water partition coefficient (Wildman–Crippen LogP) is 3.37. The van der Waals surface area contributed by atoms with Gasteiger partial charge in [-0.25, -0.2) is 0 Å². The second kappa shape index (κ2) is 6.77. The second-order valence-electron chi connectivity index (χ2n) is 3.81. The van der Waals surface area contributed by atoms with Crippen LogP contribution in [0.15, 0.2) is 18.2 Å². The van der Waals surface area contributed by atoms with E-state index in [2.05, 4.69) is 18.7 Å². The maximum absolute atomic E-state index is 6.07. The first-order valence-corrected chi connectivity index (χ1v) is 6.16. The van der Waals surface area contributed by atoms with Crippen LogP contribution in [0.4, 0.5) is 0 Å². The Morgan fingerprint density at radius 3 is 2.50 bits per heavy atom. The zero-order valence-corrected chi connectivity index (χ0v) is 11.0. The molecule has 2 nitrogen and oxygen atoms in total. The molecule has 0 unspecified atom stereocenters. The molecule has 1 rings (SSSR count). The zero-order valence-electron chi connectivity index (χ0n) is 10.3. The normalized spacial score (nSPS) is 10.8. The number of hydrogen-bond acceptors (Lipinski definition) is 2. The molecule has 0 fully saturated rings. The van der Waals surface area contributed by atoms with Gasteiger partial charge in [0, 0.05) is 6.54 Å². The summed E-state index contributed by atoms with van der Waals surface area (Å²) in [5, 5.41) is 0.694. The minimum Gasteiger partial charge on any atom is -0.491 e. The molecule has 1 aromatic carbocycles. The van der Waals surface area contributed by atoms with Gasteiger partial charge in [0.25, 0.3) is 0 Å². The maximum atomic E-state index is 6.07. The first-order valence-electron chi connectivity index (χ1n) is 5.78. The molecule has 0 saturated heterocycles. The summed E-state index contributed by atoms with van der Waals surface area (Å²) >= 11 is 6.07. The van der Waals surface area contributed by atoms with Crippen molar-refractivity contribution < 1.29 is 4.74 Å². The lowest BCUT2D eigenvalue weighted by molar-refractivity contribution is 0.223. The number of hydrogen-bond donors (Lipinski definition) is 0. The summed E-state index contributed by atoms with van der Waals surface area (Å²) in [6.45, 7) is 10.1. The third kappa shape index (κ3) is 4.03. The summed E-state index contributed by atoms with van der Waals surface area (Å²) in [6.07, 6.45) is 0. The molecule has 0 radical (unpaired) electrons. The van der Waals surface area contributed by atoms with Gasteiger partial charge in [0.1, 0.15) is 12.4 Å². The minimum absolute atomic E-state index is 0.685. The van der Waals surface area contributed by atoms with Gasteiger partial charge in [-0.15, -0.1) is 0 Å². The molecule has 0 saturated carbocycles. The third-order valence-electron chi connectivity index (χ3n) is 2.65. The van der Waals surface area contributed by atoms with Crippen molar-refractivity contribution in [2.45, 2.75) is 20.8 Å². The Hall–Kier alpha value is -0.730. The molecule has 0 spiro atoms. The molecule has 90 valence electrons. The van der Waals surface area contributed by atoms with E-state index in [-0.39, 0.29) is 0 Å². The van der Waals surface area contributed by atoms with Crippen molar-refractivity contribution in [1.82, 2.24) is 4.90 Å².